The summed E-state index contributed by atoms with van der Waals surface area (Å²) in [5.74, 6) is -0.398. The van der Waals surface area contributed by atoms with E-state index in [0.717, 1.165) is 44.1 Å². The van der Waals surface area contributed by atoms with Crippen molar-refractivity contribution in [2.75, 3.05) is 6.26 Å². The van der Waals surface area contributed by atoms with Crippen LogP contribution >= 0.6 is 11.8 Å². The number of ether oxygens (including phenoxy) is 1. The van der Waals surface area contributed by atoms with Gasteiger partial charge < -0.3 is 4.74 Å². The Morgan fingerprint density at radius 2 is 2.03 bits per heavy atom. The van der Waals surface area contributed by atoms with Gasteiger partial charge >= 0.3 is 5.97 Å². The van der Waals surface area contributed by atoms with Crippen LogP contribution in [0.5, 0.6) is 0 Å². The second-order valence-electron chi connectivity index (χ2n) is 10.7. The third-order valence-corrected chi connectivity index (χ3v) is 11.2. The van der Waals surface area contributed by atoms with E-state index in [1.54, 1.807) is 12.2 Å². The fraction of sp³-hybridized carbons (Fsp3) is 0.769. The number of rotatable bonds is 5. The van der Waals surface area contributed by atoms with Gasteiger partial charge in [-0.2, -0.15) is 11.8 Å². The molecule has 31 heavy (non-hydrogen) atoms. The molecule has 0 aromatic heterocycles. The minimum Gasteiger partial charge on any atom is -0.459 e. The number of hydrogen-bond acceptors (Lipinski definition) is 4. The number of unbranched alkanes of at least 4 members (excludes halogenated alkanes) is 1. The van der Waals surface area contributed by atoms with E-state index in [2.05, 4.69) is 20.1 Å². The largest absolute Gasteiger partial charge is 0.459 e. The Morgan fingerprint density at radius 1 is 1.29 bits per heavy atom. The lowest BCUT2D eigenvalue weighted by Gasteiger charge is -2.63. The van der Waals surface area contributed by atoms with E-state index in [0.29, 0.717) is 6.42 Å². The van der Waals surface area contributed by atoms with Crippen molar-refractivity contribution < 1.29 is 18.7 Å². The zero-order valence-electron chi connectivity index (χ0n) is 19.6. The number of fused-ring (bicyclic) bond motifs is 5. The number of esters is 1. The second kappa shape index (κ2) is 7.74. The zero-order valence-corrected chi connectivity index (χ0v) is 20.4. The van der Waals surface area contributed by atoms with Crippen LogP contribution in [0.4, 0.5) is 4.39 Å². The van der Waals surface area contributed by atoms with Crippen molar-refractivity contribution in [2.45, 2.75) is 95.6 Å². The molecule has 0 radical (unpaired) electrons. The highest BCUT2D eigenvalue weighted by molar-refractivity contribution is 8.00. The predicted octanol–water partition coefficient (Wildman–Crippen LogP) is 6.22. The molecule has 4 aliphatic rings. The maximum absolute atomic E-state index is 17.6. The molecule has 0 spiro atoms. The Bertz CT molecular complexity index is 837. The van der Waals surface area contributed by atoms with Crippen molar-refractivity contribution in [1.29, 1.82) is 0 Å². The van der Waals surface area contributed by atoms with Crippen molar-refractivity contribution in [2.24, 2.45) is 22.7 Å². The van der Waals surface area contributed by atoms with Crippen LogP contribution in [-0.2, 0) is 14.3 Å². The smallest absolute Gasteiger partial charge is 0.303 e. The second-order valence-corrected chi connectivity index (χ2v) is 11.9. The van der Waals surface area contributed by atoms with Crippen LogP contribution in [0.2, 0.25) is 0 Å². The summed E-state index contributed by atoms with van der Waals surface area (Å²) in [7, 11) is 0. The molecule has 5 heteroatoms. The van der Waals surface area contributed by atoms with Crippen LogP contribution in [0.25, 0.3) is 0 Å². The van der Waals surface area contributed by atoms with Crippen LogP contribution in [0, 0.1) is 22.7 Å². The minimum atomic E-state index is -1.69. The first-order valence-electron chi connectivity index (χ1n) is 11.9. The number of thioether (sulfide) groups is 1. The van der Waals surface area contributed by atoms with E-state index in [9.17, 15) is 9.59 Å². The lowest BCUT2D eigenvalue weighted by atomic mass is 9.45. The Balaban J connectivity index is 1.83. The van der Waals surface area contributed by atoms with Crippen molar-refractivity contribution in [3.63, 3.8) is 0 Å². The van der Waals surface area contributed by atoms with Gasteiger partial charge in [0.25, 0.3) is 0 Å². The average molecular weight is 449 g/mol. The van der Waals surface area contributed by atoms with Gasteiger partial charge in [-0.25, -0.2) is 4.39 Å². The molecule has 4 aliphatic carbocycles. The molecule has 2 unspecified atom stereocenters. The van der Waals surface area contributed by atoms with E-state index in [4.69, 9.17) is 4.74 Å². The first kappa shape index (κ1) is 23.1. The average Bonchev–Trinajstić information content (AvgIpc) is 3.00. The van der Waals surface area contributed by atoms with E-state index in [1.165, 1.54) is 19.4 Å². The lowest BCUT2D eigenvalue weighted by Crippen LogP contribution is -2.68. The lowest BCUT2D eigenvalue weighted by molar-refractivity contribution is -0.211. The van der Waals surface area contributed by atoms with Gasteiger partial charge in [-0.05, 0) is 75.2 Å². The highest BCUT2D eigenvalue weighted by atomic mass is 32.2. The Labute approximate surface area is 190 Å². The van der Waals surface area contributed by atoms with Gasteiger partial charge in [-0.1, -0.05) is 38.3 Å². The molecule has 7 atom stereocenters. The van der Waals surface area contributed by atoms with Crippen molar-refractivity contribution in [1.82, 2.24) is 0 Å². The molecular weight excluding hydrogens is 411 g/mol. The Hall–Kier alpha value is -1.10. The number of carbonyl (C=O) groups is 2. The number of carbonyl (C=O) groups excluding carboxylic acids is 2. The molecule has 3 nitrogen and oxygen atoms in total. The Kier molecular flexibility index (Phi) is 5.76. The molecule has 0 saturated heterocycles. The summed E-state index contributed by atoms with van der Waals surface area (Å²) < 4.78 is 23.6. The van der Waals surface area contributed by atoms with Crippen molar-refractivity contribution in [3.8, 4) is 0 Å². The maximum Gasteiger partial charge on any atom is 0.303 e. The van der Waals surface area contributed by atoms with Gasteiger partial charge in [0, 0.05) is 23.0 Å². The van der Waals surface area contributed by atoms with Crippen LogP contribution in [-0.4, -0.2) is 34.5 Å². The fourth-order valence-electron chi connectivity index (χ4n) is 7.89. The van der Waals surface area contributed by atoms with Crippen molar-refractivity contribution in [3.05, 3.63) is 23.8 Å². The normalized spacial score (nSPS) is 46.1. The highest BCUT2D eigenvalue weighted by Crippen LogP contribution is 2.72. The number of halogens is 1. The van der Waals surface area contributed by atoms with Crippen LogP contribution < -0.4 is 0 Å². The molecule has 0 heterocycles. The maximum atomic E-state index is 17.6. The third kappa shape index (κ3) is 3.04. The summed E-state index contributed by atoms with van der Waals surface area (Å²) in [6, 6.07) is 0. The van der Waals surface area contributed by atoms with Crippen LogP contribution in [0.1, 0.15) is 79.1 Å². The highest BCUT2D eigenvalue weighted by Gasteiger charge is 2.73. The minimum absolute atomic E-state index is 0.0685. The van der Waals surface area contributed by atoms with E-state index in [-0.39, 0.29) is 27.8 Å². The molecule has 0 N–H and O–H groups in total. The standard InChI is InChI=1S/C26H37FO3S/c1-6-7-12-25(31-5)14-11-20-21-9-8-18-15-19(29)10-13-23(18,3)26(21,27)22(30-17(2)28)16-24(20,25)4/h10,13,15,20-22H,6-9,11-12,14,16H2,1-5H3/t20-,21-,22?,23-,24-,25?,26+/m0/s1. The molecule has 3 fully saturated rings. The van der Waals surface area contributed by atoms with Gasteiger partial charge in [0.15, 0.2) is 11.5 Å². The number of allylic oxidation sites excluding steroid dienone is 4. The SMILES string of the molecule is CCCCC1(SC)CC[C@H]2[C@@H]3CCC4=CC(=O)C=C[C@]4(C)[C@]3(F)C(OC(C)=O)C[C@@]21C. The first-order chi connectivity index (χ1) is 14.6. The summed E-state index contributed by atoms with van der Waals surface area (Å²) in [4.78, 5) is 24.2. The van der Waals surface area contributed by atoms with Gasteiger partial charge in [-0.15, -0.1) is 0 Å². The molecule has 0 aromatic carbocycles. The van der Waals surface area contributed by atoms with Crippen LogP contribution in [0.15, 0.2) is 23.8 Å². The molecule has 0 bridgehead atoms. The van der Waals surface area contributed by atoms with E-state index in [1.807, 2.05) is 18.7 Å². The predicted molar refractivity (Wildman–Crippen MR) is 124 cm³/mol. The first-order valence-corrected chi connectivity index (χ1v) is 13.2. The molecule has 4 rings (SSSR count). The Morgan fingerprint density at radius 3 is 2.68 bits per heavy atom. The summed E-state index contributed by atoms with van der Waals surface area (Å²) >= 11 is 1.95. The summed E-state index contributed by atoms with van der Waals surface area (Å²) in [5.41, 5.74) is -1.81. The number of alkyl halides is 1. The number of ketones is 1. The van der Waals surface area contributed by atoms with E-state index < -0.39 is 23.2 Å². The fourth-order valence-corrected chi connectivity index (χ4v) is 9.26. The molecule has 0 aliphatic heterocycles. The molecule has 0 aromatic rings. The monoisotopic (exact) mass is 448 g/mol. The van der Waals surface area contributed by atoms with Gasteiger partial charge in [0.2, 0.25) is 0 Å². The quantitative estimate of drug-likeness (QED) is 0.468. The third-order valence-electron chi connectivity index (χ3n) is 9.54. The molecule has 172 valence electrons. The molecule has 0 amide bonds. The topological polar surface area (TPSA) is 43.4 Å². The summed E-state index contributed by atoms with van der Waals surface area (Å²) in [6.07, 6.45) is 13.9. The van der Waals surface area contributed by atoms with Gasteiger partial charge in [-0.3, -0.25) is 9.59 Å². The van der Waals surface area contributed by atoms with E-state index >= 15 is 4.39 Å². The molecule has 3 saturated carbocycles. The summed E-state index contributed by atoms with van der Waals surface area (Å²) in [5, 5.41) is 0. The molecular formula is C26H37FO3S. The number of hydrogen-bond donors (Lipinski definition) is 0. The van der Waals surface area contributed by atoms with Crippen molar-refractivity contribution >= 4 is 23.5 Å². The zero-order chi connectivity index (χ0) is 22.7. The van der Waals surface area contributed by atoms with Gasteiger partial charge in [0.1, 0.15) is 6.10 Å². The summed E-state index contributed by atoms with van der Waals surface area (Å²) in [6.45, 7) is 7.88. The van der Waals surface area contributed by atoms with Crippen LogP contribution in [0.3, 0.4) is 0 Å². The van der Waals surface area contributed by atoms with Gasteiger partial charge in [0.05, 0.1) is 0 Å².